The van der Waals surface area contributed by atoms with E-state index < -0.39 is 16.2 Å². The van der Waals surface area contributed by atoms with E-state index in [1.807, 2.05) is 25.1 Å². The molecule has 0 saturated carbocycles. The minimum atomic E-state index is -3.82. The van der Waals surface area contributed by atoms with Gasteiger partial charge in [-0.15, -0.1) is 0 Å². The molecule has 0 aromatic heterocycles. The molecule has 6 heteroatoms. The molecule has 1 unspecified atom stereocenters. The molecular formula is C24H34O5S. The van der Waals surface area contributed by atoms with E-state index in [9.17, 15) is 13.5 Å². The van der Waals surface area contributed by atoms with Gasteiger partial charge in [-0.2, -0.15) is 8.42 Å². The van der Waals surface area contributed by atoms with Crippen molar-refractivity contribution in [2.75, 3.05) is 6.61 Å². The van der Waals surface area contributed by atoms with Crippen molar-refractivity contribution in [1.82, 2.24) is 0 Å². The first-order valence-electron chi connectivity index (χ1n) is 10.7. The summed E-state index contributed by atoms with van der Waals surface area (Å²) in [4.78, 5) is 0.115. The average Bonchev–Trinajstić information content (AvgIpc) is 2.74. The summed E-state index contributed by atoms with van der Waals surface area (Å²) in [6.07, 6.45) is 4.95. The van der Waals surface area contributed by atoms with Crippen LogP contribution in [0.2, 0.25) is 0 Å². The molecule has 0 spiro atoms. The van der Waals surface area contributed by atoms with Crippen molar-refractivity contribution < 1.29 is 22.4 Å². The lowest BCUT2D eigenvalue weighted by molar-refractivity contribution is 0.0457. The van der Waals surface area contributed by atoms with Crippen molar-refractivity contribution in [3.05, 3.63) is 65.7 Å². The van der Waals surface area contributed by atoms with Crippen molar-refractivity contribution in [3.8, 4) is 0 Å². The highest BCUT2D eigenvalue weighted by Crippen LogP contribution is 2.15. The third-order valence-electron chi connectivity index (χ3n) is 5.00. The Kier molecular flexibility index (Phi) is 10.5. The first-order valence-corrected chi connectivity index (χ1v) is 12.1. The molecule has 1 N–H and O–H groups in total. The summed E-state index contributed by atoms with van der Waals surface area (Å²) >= 11 is 0. The standard InChI is InChI=1S/C24H34O5S/c1-20-14-16-24(17-15-20)30(26,27)29-19-23(25)13-9-4-3-6-10-21(2)28-18-22-11-7-5-8-12-22/h5,7-8,11-12,14-17,21,23,25H,3-4,6,9-10,13,18-19H2,1-2H3/t21?,23-/m0/s1. The van der Waals surface area contributed by atoms with Crippen molar-refractivity contribution in [2.24, 2.45) is 0 Å². The summed E-state index contributed by atoms with van der Waals surface area (Å²) < 4.78 is 35.1. The fraction of sp³-hybridized carbons (Fsp3) is 0.500. The van der Waals surface area contributed by atoms with Crippen molar-refractivity contribution >= 4 is 10.1 Å². The van der Waals surface area contributed by atoms with Gasteiger partial charge in [0, 0.05) is 0 Å². The fourth-order valence-electron chi connectivity index (χ4n) is 3.09. The lowest BCUT2D eigenvalue weighted by Gasteiger charge is -2.13. The molecule has 0 aliphatic rings. The maximum Gasteiger partial charge on any atom is 0.297 e. The molecule has 0 saturated heterocycles. The Hall–Kier alpha value is -1.73. The van der Waals surface area contributed by atoms with Crippen LogP contribution in [0.4, 0.5) is 0 Å². The maximum atomic E-state index is 12.1. The molecule has 0 radical (unpaired) electrons. The summed E-state index contributed by atoms with van der Waals surface area (Å²) in [7, 11) is -3.82. The Bertz CT molecular complexity index is 818. The largest absolute Gasteiger partial charge is 0.391 e. The number of benzene rings is 2. The number of rotatable bonds is 14. The van der Waals surface area contributed by atoms with E-state index in [4.69, 9.17) is 8.92 Å². The molecule has 30 heavy (non-hydrogen) atoms. The summed E-state index contributed by atoms with van der Waals surface area (Å²) in [5.41, 5.74) is 2.16. The highest BCUT2D eigenvalue weighted by atomic mass is 32.2. The van der Waals surface area contributed by atoms with Crippen LogP contribution in [-0.2, 0) is 25.6 Å². The molecule has 2 rings (SSSR count). The Balaban J connectivity index is 1.52. The van der Waals surface area contributed by atoms with Gasteiger partial charge in [0.25, 0.3) is 10.1 Å². The predicted octanol–water partition coefficient (Wildman–Crippen LogP) is 5.01. The number of hydrogen-bond donors (Lipinski definition) is 1. The minimum absolute atomic E-state index is 0.115. The third kappa shape index (κ3) is 9.39. The molecule has 0 fully saturated rings. The number of aliphatic hydroxyl groups is 1. The number of unbranched alkanes of at least 4 members (excludes halogenated alkanes) is 3. The molecule has 2 aromatic rings. The van der Waals surface area contributed by atoms with Gasteiger partial charge in [0.15, 0.2) is 0 Å². The van der Waals surface area contributed by atoms with E-state index in [2.05, 4.69) is 19.1 Å². The zero-order valence-electron chi connectivity index (χ0n) is 18.0. The van der Waals surface area contributed by atoms with Crippen LogP contribution in [-0.4, -0.2) is 32.3 Å². The molecule has 2 aromatic carbocycles. The normalized spacial score (nSPS) is 13.8. The van der Waals surface area contributed by atoms with E-state index in [1.54, 1.807) is 12.1 Å². The van der Waals surface area contributed by atoms with Crippen LogP contribution in [0.5, 0.6) is 0 Å². The van der Waals surface area contributed by atoms with Gasteiger partial charge in [0.2, 0.25) is 0 Å². The van der Waals surface area contributed by atoms with Gasteiger partial charge >= 0.3 is 0 Å². The van der Waals surface area contributed by atoms with Gasteiger partial charge in [0.05, 0.1) is 30.3 Å². The highest BCUT2D eigenvalue weighted by Gasteiger charge is 2.17. The Morgan fingerprint density at radius 2 is 1.53 bits per heavy atom. The Morgan fingerprint density at radius 3 is 2.20 bits per heavy atom. The minimum Gasteiger partial charge on any atom is -0.391 e. The first kappa shape index (κ1) is 24.5. The lowest BCUT2D eigenvalue weighted by atomic mass is 10.1. The van der Waals surface area contributed by atoms with Crippen LogP contribution < -0.4 is 0 Å². The van der Waals surface area contributed by atoms with E-state index in [0.717, 1.165) is 37.7 Å². The molecule has 166 valence electrons. The monoisotopic (exact) mass is 434 g/mol. The first-order chi connectivity index (χ1) is 14.4. The van der Waals surface area contributed by atoms with E-state index >= 15 is 0 Å². The van der Waals surface area contributed by atoms with Gasteiger partial charge in [-0.25, -0.2) is 0 Å². The Morgan fingerprint density at radius 1 is 0.900 bits per heavy atom. The van der Waals surface area contributed by atoms with Crippen LogP contribution in [0.25, 0.3) is 0 Å². The van der Waals surface area contributed by atoms with Crippen LogP contribution in [0.1, 0.15) is 56.6 Å². The lowest BCUT2D eigenvalue weighted by Crippen LogP contribution is -2.19. The zero-order chi connectivity index (χ0) is 21.8. The average molecular weight is 435 g/mol. The molecule has 5 nitrogen and oxygen atoms in total. The molecule has 0 aliphatic carbocycles. The molecule has 0 bridgehead atoms. The second-order valence-corrected chi connectivity index (χ2v) is 9.42. The van der Waals surface area contributed by atoms with Gasteiger partial charge in [-0.1, -0.05) is 73.7 Å². The van der Waals surface area contributed by atoms with Gasteiger partial charge < -0.3 is 9.84 Å². The Labute approximate surface area is 181 Å². The number of aryl methyl sites for hydroxylation is 1. The smallest absolute Gasteiger partial charge is 0.297 e. The third-order valence-corrected chi connectivity index (χ3v) is 6.30. The molecule has 2 atom stereocenters. The predicted molar refractivity (Wildman–Crippen MR) is 119 cm³/mol. The second kappa shape index (κ2) is 12.8. The van der Waals surface area contributed by atoms with E-state index in [-0.39, 0.29) is 17.6 Å². The molecule has 0 heterocycles. The van der Waals surface area contributed by atoms with E-state index in [1.165, 1.54) is 17.7 Å². The zero-order valence-corrected chi connectivity index (χ0v) is 18.8. The van der Waals surface area contributed by atoms with Crippen LogP contribution in [0, 0.1) is 6.92 Å². The maximum absolute atomic E-state index is 12.1. The van der Waals surface area contributed by atoms with Gasteiger partial charge in [-0.3, -0.25) is 4.18 Å². The number of hydrogen-bond acceptors (Lipinski definition) is 5. The topological polar surface area (TPSA) is 72.8 Å². The van der Waals surface area contributed by atoms with Crippen LogP contribution in [0.15, 0.2) is 59.5 Å². The van der Waals surface area contributed by atoms with Crippen LogP contribution in [0.3, 0.4) is 0 Å². The quantitative estimate of drug-likeness (QED) is 0.334. The summed E-state index contributed by atoms with van der Waals surface area (Å²) in [5, 5.41) is 10.0. The van der Waals surface area contributed by atoms with E-state index in [0.29, 0.717) is 13.0 Å². The van der Waals surface area contributed by atoms with Crippen molar-refractivity contribution in [1.29, 1.82) is 0 Å². The van der Waals surface area contributed by atoms with Crippen molar-refractivity contribution in [2.45, 2.75) is 76.1 Å². The summed E-state index contributed by atoms with van der Waals surface area (Å²) in [6, 6.07) is 16.6. The highest BCUT2D eigenvalue weighted by molar-refractivity contribution is 7.86. The number of ether oxygens (including phenoxy) is 1. The summed E-state index contributed by atoms with van der Waals surface area (Å²) in [5.74, 6) is 0. The number of aliphatic hydroxyl groups excluding tert-OH is 1. The van der Waals surface area contributed by atoms with Gasteiger partial charge in [-0.05, 0) is 44.4 Å². The second-order valence-electron chi connectivity index (χ2n) is 7.80. The van der Waals surface area contributed by atoms with Crippen molar-refractivity contribution in [3.63, 3.8) is 0 Å². The SMILES string of the molecule is Cc1ccc(S(=O)(=O)OC[C@@H](O)CCCCCCC(C)OCc2ccccc2)cc1. The summed E-state index contributed by atoms with van der Waals surface area (Å²) in [6.45, 7) is 4.41. The molecule has 0 aliphatic heterocycles. The molecular weight excluding hydrogens is 400 g/mol. The molecule has 0 amide bonds. The van der Waals surface area contributed by atoms with Crippen LogP contribution >= 0.6 is 0 Å². The van der Waals surface area contributed by atoms with Gasteiger partial charge in [0.1, 0.15) is 0 Å². The fourth-order valence-corrected chi connectivity index (χ4v) is 4.03.